The third-order valence-corrected chi connectivity index (χ3v) is 6.37. The van der Waals surface area contributed by atoms with Crippen molar-refractivity contribution >= 4 is 49.5 Å². The molecule has 0 saturated carbocycles. The van der Waals surface area contributed by atoms with E-state index < -0.39 is 0 Å². The molecule has 0 aliphatic heterocycles. The van der Waals surface area contributed by atoms with Crippen LogP contribution in [0.5, 0.6) is 0 Å². The third-order valence-electron chi connectivity index (χ3n) is 6.37. The molecule has 0 N–H and O–H groups in total. The number of hydrogen-bond donors (Lipinski definition) is 0. The minimum atomic E-state index is -0.163. The normalized spacial score (nSPS) is 13.3. The summed E-state index contributed by atoms with van der Waals surface area (Å²) in [5, 5.41) is 3.35. The summed E-state index contributed by atoms with van der Waals surface area (Å²) >= 11 is 0. The summed E-state index contributed by atoms with van der Waals surface area (Å²) in [7, 11) is 0. The van der Waals surface area contributed by atoms with Crippen LogP contribution in [0, 0.1) is 0 Å². The Morgan fingerprint density at radius 3 is 2.25 bits per heavy atom. The fourth-order valence-corrected chi connectivity index (χ4v) is 4.61. The van der Waals surface area contributed by atoms with Crippen molar-refractivity contribution in [3.8, 4) is 0 Å². The van der Waals surface area contributed by atoms with Crippen molar-refractivity contribution in [3.05, 3.63) is 66.1 Å². The van der Waals surface area contributed by atoms with Gasteiger partial charge >= 0.3 is 0 Å². The molecule has 0 aliphatic carbocycles. The second-order valence-corrected chi connectivity index (χ2v) is 10.8. The number of oxazole rings is 1. The number of para-hydroxylation sites is 2. The molecule has 0 unspecified atom stereocenters. The second-order valence-electron chi connectivity index (χ2n) is 10.8. The molecule has 0 aliphatic rings. The first-order valence-corrected chi connectivity index (χ1v) is 11.2. The van der Waals surface area contributed by atoms with Crippen molar-refractivity contribution in [2.45, 2.75) is 52.4 Å². The molecule has 4 heteroatoms. The molecule has 0 bridgehead atoms. The molecule has 6 rings (SSSR count). The van der Waals surface area contributed by atoms with E-state index in [1.807, 2.05) is 6.07 Å². The Bertz CT molecular complexity index is 1690. The van der Waals surface area contributed by atoms with Gasteiger partial charge in [-0.1, -0.05) is 59.7 Å². The maximum atomic E-state index is 6.45. The molecule has 160 valence electrons. The number of fused-ring (bicyclic) bond motifs is 10. The minimum Gasteiger partial charge on any atom is -0.439 e. The topological polar surface area (TPSA) is 43.3 Å². The number of benzene rings is 3. The zero-order valence-corrected chi connectivity index (χ0v) is 19.4. The highest BCUT2D eigenvalue weighted by atomic mass is 16.3. The van der Waals surface area contributed by atoms with Crippen molar-refractivity contribution in [2.24, 2.45) is 0 Å². The van der Waals surface area contributed by atoms with Gasteiger partial charge in [0.2, 0.25) is 5.89 Å². The van der Waals surface area contributed by atoms with Gasteiger partial charge in [-0.05, 0) is 47.4 Å². The first-order valence-electron chi connectivity index (χ1n) is 11.2. The van der Waals surface area contributed by atoms with Crippen LogP contribution in [-0.2, 0) is 10.8 Å². The summed E-state index contributed by atoms with van der Waals surface area (Å²) in [6.45, 7) is 13.2. The zero-order valence-electron chi connectivity index (χ0n) is 19.4. The van der Waals surface area contributed by atoms with Gasteiger partial charge in [-0.3, -0.25) is 4.40 Å². The molecule has 0 fully saturated rings. The lowest BCUT2D eigenvalue weighted by Crippen LogP contribution is -2.11. The van der Waals surface area contributed by atoms with Gasteiger partial charge in [0.15, 0.2) is 5.58 Å². The summed E-state index contributed by atoms with van der Waals surface area (Å²) in [6.07, 6.45) is 0. The van der Waals surface area contributed by atoms with E-state index in [0.29, 0.717) is 0 Å². The van der Waals surface area contributed by atoms with Crippen molar-refractivity contribution in [3.63, 3.8) is 0 Å². The molecule has 0 atom stereocenters. The molecular weight excluding hydrogens is 394 g/mol. The molecule has 0 amide bonds. The quantitative estimate of drug-likeness (QED) is 0.238. The lowest BCUT2D eigenvalue weighted by Gasteiger charge is -2.20. The molecule has 6 aromatic rings. The third kappa shape index (κ3) is 2.62. The number of imidazole rings is 1. The zero-order chi connectivity index (χ0) is 22.4. The molecule has 3 heterocycles. The van der Waals surface area contributed by atoms with E-state index in [-0.39, 0.29) is 10.8 Å². The van der Waals surface area contributed by atoms with E-state index in [2.05, 4.69) is 94.5 Å². The Labute approximate surface area is 186 Å². The van der Waals surface area contributed by atoms with Gasteiger partial charge in [0, 0.05) is 21.6 Å². The van der Waals surface area contributed by atoms with Gasteiger partial charge in [0.05, 0.1) is 16.6 Å². The van der Waals surface area contributed by atoms with Crippen molar-refractivity contribution in [1.29, 1.82) is 0 Å². The van der Waals surface area contributed by atoms with Crippen molar-refractivity contribution in [1.82, 2.24) is 14.4 Å². The highest BCUT2D eigenvalue weighted by Gasteiger charge is 2.24. The Morgan fingerprint density at radius 2 is 1.50 bits per heavy atom. The Morgan fingerprint density at radius 1 is 0.719 bits per heavy atom. The van der Waals surface area contributed by atoms with Crippen LogP contribution in [0.1, 0.15) is 53.0 Å². The smallest absolute Gasteiger partial charge is 0.200 e. The lowest BCUT2D eigenvalue weighted by atomic mass is 9.86. The first-order chi connectivity index (χ1) is 15.1. The molecule has 3 aromatic heterocycles. The maximum absolute atomic E-state index is 6.45. The van der Waals surface area contributed by atoms with Gasteiger partial charge in [0.1, 0.15) is 11.2 Å². The van der Waals surface area contributed by atoms with Gasteiger partial charge in [-0.2, -0.15) is 0 Å². The van der Waals surface area contributed by atoms with Crippen LogP contribution in [0.25, 0.3) is 49.5 Å². The largest absolute Gasteiger partial charge is 0.439 e. The average Bonchev–Trinajstić information content (AvgIpc) is 3.34. The van der Waals surface area contributed by atoms with Gasteiger partial charge in [-0.25, -0.2) is 9.97 Å². The SMILES string of the molecule is CC(C)(C)c1ccc2c(c1)c1c(ccc3nc(C(C)(C)C)oc31)c1nc3ccccc3n21. The van der Waals surface area contributed by atoms with E-state index in [9.17, 15) is 0 Å². The van der Waals surface area contributed by atoms with E-state index in [4.69, 9.17) is 14.4 Å². The minimum absolute atomic E-state index is 0.0400. The predicted molar refractivity (Wildman–Crippen MR) is 133 cm³/mol. The molecule has 0 spiro atoms. The van der Waals surface area contributed by atoms with E-state index >= 15 is 0 Å². The predicted octanol–water partition coefficient (Wildman–Crippen LogP) is 7.53. The van der Waals surface area contributed by atoms with Crippen molar-refractivity contribution < 1.29 is 4.42 Å². The summed E-state index contributed by atoms with van der Waals surface area (Å²) < 4.78 is 8.74. The van der Waals surface area contributed by atoms with Gasteiger partial charge in [0.25, 0.3) is 0 Å². The summed E-state index contributed by atoms with van der Waals surface area (Å²) in [6, 6.07) is 19.3. The monoisotopic (exact) mass is 421 g/mol. The van der Waals surface area contributed by atoms with Crippen LogP contribution in [0.4, 0.5) is 0 Å². The number of aromatic nitrogens is 3. The van der Waals surface area contributed by atoms with Crippen LogP contribution in [0.15, 0.2) is 59.0 Å². The fraction of sp³-hybridized carbons (Fsp3) is 0.286. The highest BCUT2D eigenvalue weighted by Crippen LogP contribution is 2.39. The molecule has 3 aromatic carbocycles. The number of nitrogens with zero attached hydrogens (tertiary/aromatic N) is 3. The molecule has 0 radical (unpaired) electrons. The molecular formula is C28H27N3O. The Hall–Kier alpha value is -3.40. The molecule has 32 heavy (non-hydrogen) atoms. The lowest BCUT2D eigenvalue weighted by molar-refractivity contribution is 0.412. The summed E-state index contributed by atoms with van der Waals surface area (Å²) in [5.41, 5.74) is 7.11. The van der Waals surface area contributed by atoms with Crippen molar-refractivity contribution in [2.75, 3.05) is 0 Å². The van der Waals surface area contributed by atoms with Crippen LogP contribution >= 0.6 is 0 Å². The van der Waals surface area contributed by atoms with Gasteiger partial charge < -0.3 is 4.42 Å². The second kappa shape index (κ2) is 6.10. The molecule has 4 nitrogen and oxygen atoms in total. The van der Waals surface area contributed by atoms with Crippen LogP contribution in [-0.4, -0.2) is 14.4 Å². The average molecular weight is 422 g/mol. The number of rotatable bonds is 0. The van der Waals surface area contributed by atoms with Gasteiger partial charge in [-0.15, -0.1) is 0 Å². The van der Waals surface area contributed by atoms with E-state index in [1.54, 1.807) is 0 Å². The molecule has 0 saturated heterocycles. The summed E-state index contributed by atoms with van der Waals surface area (Å²) in [5.74, 6) is 0.758. The highest BCUT2D eigenvalue weighted by molar-refractivity contribution is 6.22. The number of pyridine rings is 1. The Balaban J connectivity index is 1.91. The number of hydrogen-bond acceptors (Lipinski definition) is 3. The van der Waals surface area contributed by atoms with Crippen LogP contribution < -0.4 is 0 Å². The van der Waals surface area contributed by atoms with Crippen LogP contribution in [0.2, 0.25) is 0 Å². The van der Waals surface area contributed by atoms with E-state index in [1.165, 1.54) is 10.9 Å². The maximum Gasteiger partial charge on any atom is 0.200 e. The fourth-order valence-electron chi connectivity index (χ4n) is 4.61. The first kappa shape index (κ1) is 19.3. The van der Waals surface area contributed by atoms with E-state index in [0.717, 1.165) is 50.0 Å². The Kier molecular flexibility index (Phi) is 3.68. The standard InChI is InChI=1S/C28H27N3O/c1-27(2,3)16-11-14-21-18(15-16)23-17(25-29-19-9-7-8-10-22(19)31(21)25)12-13-20-24(23)32-26(30-20)28(4,5)6/h7-15H,1-6H3. The summed E-state index contributed by atoms with van der Waals surface area (Å²) in [4.78, 5) is 9.87. The van der Waals surface area contributed by atoms with Crippen LogP contribution in [0.3, 0.4) is 0 Å².